The number of nitrogen functional groups attached to an aromatic ring is 1. The second kappa shape index (κ2) is 5.96. The van der Waals surface area contributed by atoms with E-state index in [0.717, 1.165) is 24.4 Å². The number of thioether (sulfide) groups is 1. The number of rotatable bonds is 5. The van der Waals surface area contributed by atoms with Crippen LogP contribution < -0.4 is 5.73 Å². The van der Waals surface area contributed by atoms with Gasteiger partial charge in [0.15, 0.2) is 0 Å². The Hall–Kier alpha value is -1.42. The van der Waals surface area contributed by atoms with Crippen LogP contribution in [0, 0.1) is 0 Å². The molecule has 3 nitrogen and oxygen atoms in total. The van der Waals surface area contributed by atoms with E-state index in [1.54, 1.807) is 11.8 Å². The van der Waals surface area contributed by atoms with Crippen molar-refractivity contribution in [3.8, 4) is 0 Å². The van der Waals surface area contributed by atoms with Gasteiger partial charge in [0, 0.05) is 28.6 Å². The molecule has 0 atom stereocenters. The molecule has 2 aromatic rings. The zero-order valence-corrected chi connectivity index (χ0v) is 11.7. The first-order valence-corrected chi connectivity index (χ1v) is 7.25. The molecule has 0 bridgehead atoms. The molecule has 4 heteroatoms. The van der Waals surface area contributed by atoms with E-state index in [-0.39, 0.29) is 0 Å². The Kier molecular flexibility index (Phi) is 4.31. The lowest BCUT2D eigenvalue weighted by Gasteiger charge is -2.05. The van der Waals surface area contributed by atoms with Crippen LogP contribution in [0.1, 0.15) is 25.2 Å². The average molecular weight is 261 g/mol. The molecule has 0 radical (unpaired) electrons. The van der Waals surface area contributed by atoms with Crippen molar-refractivity contribution in [3.05, 3.63) is 41.7 Å². The van der Waals surface area contributed by atoms with Gasteiger partial charge in [0.1, 0.15) is 0 Å². The Morgan fingerprint density at radius 3 is 2.78 bits per heavy atom. The molecule has 1 heterocycles. The van der Waals surface area contributed by atoms with Crippen molar-refractivity contribution >= 4 is 17.4 Å². The Labute approximate surface area is 112 Å². The fourth-order valence-electron chi connectivity index (χ4n) is 1.84. The first-order chi connectivity index (χ1) is 8.72. The maximum absolute atomic E-state index is 5.78. The van der Waals surface area contributed by atoms with Crippen LogP contribution in [0.5, 0.6) is 0 Å². The zero-order valence-electron chi connectivity index (χ0n) is 10.9. The number of aryl methyl sites for hydroxylation is 2. The summed E-state index contributed by atoms with van der Waals surface area (Å²) in [4.78, 5) is 1.21. The monoisotopic (exact) mass is 261 g/mol. The number of hydrogen-bond donors (Lipinski definition) is 1. The number of nitrogens with two attached hydrogens (primary N) is 1. The van der Waals surface area contributed by atoms with E-state index < -0.39 is 0 Å². The second-order valence-electron chi connectivity index (χ2n) is 4.16. The van der Waals surface area contributed by atoms with Crippen LogP contribution in [-0.2, 0) is 18.7 Å². The molecule has 18 heavy (non-hydrogen) atoms. The van der Waals surface area contributed by atoms with Crippen molar-refractivity contribution in [1.82, 2.24) is 9.78 Å². The highest BCUT2D eigenvalue weighted by Gasteiger charge is 2.06. The maximum atomic E-state index is 5.78. The summed E-state index contributed by atoms with van der Waals surface area (Å²) in [7, 11) is 0. The van der Waals surface area contributed by atoms with Gasteiger partial charge in [-0.2, -0.15) is 5.10 Å². The van der Waals surface area contributed by atoms with Gasteiger partial charge < -0.3 is 5.73 Å². The molecule has 1 aromatic carbocycles. The molecule has 0 unspecified atom stereocenters. The lowest BCUT2D eigenvalue weighted by Crippen LogP contribution is -2.01. The highest BCUT2D eigenvalue weighted by molar-refractivity contribution is 7.98. The summed E-state index contributed by atoms with van der Waals surface area (Å²) in [6.45, 7) is 5.19. The summed E-state index contributed by atoms with van der Waals surface area (Å²) < 4.78 is 2.08. The molecular weight excluding hydrogens is 242 g/mol. The molecule has 0 amide bonds. The average Bonchev–Trinajstić information content (AvgIpc) is 2.79. The van der Waals surface area contributed by atoms with E-state index in [9.17, 15) is 0 Å². The van der Waals surface area contributed by atoms with Crippen molar-refractivity contribution < 1.29 is 0 Å². The quantitative estimate of drug-likeness (QED) is 0.663. The summed E-state index contributed by atoms with van der Waals surface area (Å²) in [5, 5.41) is 4.56. The molecule has 1 aromatic heterocycles. The lowest BCUT2D eigenvalue weighted by molar-refractivity contribution is 0.628. The minimum Gasteiger partial charge on any atom is -0.399 e. The molecule has 96 valence electrons. The van der Waals surface area contributed by atoms with Gasteiger partial charge in [-0.1, -0.05) is 13.0 Å². The molecule has 0 aliphatic carbocycles. The smallest absolute Gasteiger partial charge is 0.0625 e. The van der Waals surface area contributed by atoms with Gasteiger partial charge in [-0.3, -0.25) is 4.68 Å². The van der Waals surface area contributed by atoms with E-state index in [0.29, 0.717) is 0 Å². The molecule has 0 aliphatic heterocycles. The summed E-state index contributed by atoms with van der Waals surface area (Å²) in [6, 6.07) is 10.2. The third-order valence-corrected chi connectivity index (χ3v) is 3.85. The molecule has 0 saturated heterocycles. The van der Waals surface area contributed by atoms with E-state index in [4.69, 9.17) is 5.73 Å². The molecule has 0 aliphatic rings. The highest BCUT2D eigenvalue weighted by Crippen LogP contribution is 2.24. The van der Waals surface area contributed by atoms with Crippen molar-refractivity contribution in [2.24, 2.45) is 0 Å². The van der Waals surface area contributed by atoms with E-state index >= 15 is 0 Å². The Balaban J connectivity index is 2.07. The Morgan fingerprint density at radius 2 is 2.11 bits per heavy atom. The largest absolute Gasteiger partial charge is 0.399 e. The number of anilines is 1. The second-order valence-corrected chi connectivity index (χ2v) is 5.21. The lowest BCUT2D eigenvalue weighted by atomic mass is 10.3. The predicted molar refractivity (Wildman–Crippen MR) is 77.7 cm³/mol. The summed E-state index contributed by atoms with van der Waals surface area (Å²) in [5.41, 5.74) is 9.04. The van der Waals surface area contributed by atoms with Crippen LogP contribution >= 0.6 is 11.8 Å². The van der Waals surface area contributed by atoms with Gasteiger partial charge in [0.25, 0.3) is 0 Å². The van der Waals surface area contributed by atoms with Crippen molar-refractivity contribution in [2.75, 3.05) is 5.73 Å². The topological polar surface area (TPSA) is 43.8 Å². The fourth-order valence-corrected chi connectivity index (χ4v) is 2.78. The van der Waals surface area contributed by atoms with Crippen LogP contribution in [0.4, 0.5) is 5.69 Å². The number of aromatic nitrogens is 2. The minimum absolute atomic E-state index is 0.818. The van der Waals surface area contributed by atoms with Crippen molar-refractivity contribution in [1.29, 1.82) is 0 Å². The summed E-state index contributed by atoms with van der Waals surface area (Å²) in [5.74, 6) is 0.935. The van der Waals surface area contributed by atoms with Crippen molar-refractivity contribution in [3.63, 3.8) is 0 Å². The van der Waals surface area contributed by atoms with Crippen LogP contribution in [-0.4, -0.2) is 9.78 Å². The molecule has 0 spiro atoms. The van der Waals surface area contributed by atoms with E-state index in [1.165, 1.54) is 16.3 Å². The summed E-state index contributed by atoms with van der Waals surface area (Å²) in [6.07, 6.45) is 0.989. The fraction of sp³-hybridized carbons (Fsp3) is 0.357. The van der Waals surface area contributed by atoms with Crippen LogP contribution in [0.15, 0.2) is 35.2 Å². The SMILES string of the molecule is CCc1cc(CSc2cccc(N)c2)n(CC)n1. The normalized spacial score (nSPS) is 10.8. The van der Waals surface area contributed by atoms with Crippen LogP contribution in [0.3, 0.4) is 0 Å². The highest BCUT2D eigenvalue weighted by atomic mass is 32.2. The molecule has 0 fully saturated rings. The molecule has 0 saturated carbocycles. The molecule has 2 rings (SSSR count). The minimum atomic E-state index is 0.818. The standard InChI is InChI=1S/C14H19N3S/c1-3-12-9-13(17(4-2)16-12)10-18-14-7-5-6-11(15)8-14/h5-9H,3-4,10,15H2,1-2H3. The first-order valence-electron chi connectivity index (χ1n) is 6.26. The Morgan fingerprint density at radius 1 is 1.28 bits per heavy atom. The maximum Gasteiger partial charge on any atom is 0.0625 e. The van der Waals surface area contributed by atoms with Gasteiger partial charge in [-0.25, -0.2) is 0 Å². The number of nitrogens with zero attached hydrogens (tertiary/aromatic N) is 2. The van der Waals surface area contributed by atoms with Crippen LogP contribution in [0.25, 0.3) is 0 Å². The zero-order chi connectivity index (χ0) is 13.0. The Bertz CT molecular complexity index is 520. The predicted octanol–water partition coefficient (Wildman–Crippen LogP) is 3.34. The van der Waals surface area contributed by atoms with Crippen LogP contribution in [0.2, 0.25) is 0 Å². The van der Waals surface area contributed by atoms with E-state index in [2.05, 4.69) is 35.8 Å². The number of hydrogen-bond acceptors (Lipinski definition) is 3. The first kappa shape index (κ1) is 13.0. The third-order valence-electron chi connectivity index (χ3n) is 2.82. The van der Waals surface area contributed by atoms with Gasteiger partial charge >= 0.3 is 0 Å². The van der Waals surface area contributed by atoms with Crippen molar-refractivity contribution in [2.45, 2.75) is 37.5 Å². The molecule has 2 N–H and O–H groups in total. The van der Waals surface area contributed by atoms with E-state index in [1.807, 2.05) is 18.2 Å². The van der Waals surface area contributed by atoms with Gasteiger partial charge in [-0.05, 0) is 37.6 Å². The van der Waals surface area contributed by atoms with Gasteiger partial charge in [0.05, 0.1) is 5.69 Å². The summed E-state index contributed by atoms with van der Waals surface area (Å²) >= 11 is 1.80. The van der Waals surface area contributed by atoms with Gasteiger partial charge in [0.2, 0.25) is 0 Å². The molecular formula is C14H19N3S. The number of benzene rings is 1. The third kappa shape index (κ3) is 3.07. The van der Waals surface area contributed by atoms with Gasteiger partial charge in [-0.15, -0.1) is 11.8 Å².